The Balaban J connectivity index is 2.36. The maximum absolute atomic E-state index is 4.35. The van der Waals surface area contributed by atoms with Crippen molar-refractivity contribution in [2.75, 3.05) is 0 Å². The fraction of sp³-hybridized carbons (Fsp3) is 0. The van der Waals surface area contributed by atoms with E-state index in [1.807, 2.05) is 24.0 Å². The molecule has 0 unspecified atom stereocenters. The number of nitrogens with zero attached hydrogens (tertiary/aromatic N) is 2. The van der Waals surface area contributed by atoms with E-state index in [2.05, 4.69) is 27.3 Å². The maximum Gasteiger partial charge on any atom is 0.0891 e. The third-order valence-corrected chi connectivity index (χ3v) is 2.96. The summed E-state index contributed by atoms with van der Waals surface area (Å²) in [6.45, 7) is 0. The molecule has 0 aliphatic heterocycles. The van der Waals surface area contributed by atoms with E-state index in [-0.39, 0.29) is 0 Å². The predicted octanol–water partition coefficient (Wildman–Crippen LogP) is 2.69. The Bertz CT molecular complexity index is 554. The van der Waals surface area contributed by atoms with Crippen LogP contribution in [0.1, 0.15) is 0 Å². The zero-order chi connectivity index (χ0) is 9.38. The molecule has 0 saturated carbocycles. The van der Waals surface area contributed by atoms with E-state index in [0.29, 0.717) is 0 Å². The molecule has 0 spiro atoms. The molecule has 4 heteroatoms. The van der Waals surface area contributed by atoms with Crippen LogP contribution in [-0.2, 0) is 0 Å². The molecule has 1 N–H and O–H groups in total. The number of hydrogen-bond donors (Lipinski definition) is 1. The molecular weight excluding hydrogens is 194 g/mol. The van der Waals surface area contributed by atoms with E-state index in [0.717, 1.165) is 16.6 Å². The van der Waals surface area contributed by atoms with Gasteiger partial charge < -0.3 is 0 Å². The summed E-state index contributed by atoms with van der Waals surface area (Å²) in [7, 11) is 0. The number of aromatic nitrogens is 3. The van der Waals surface area contributed by atoms with Gasteiger partial charge in [-0.2, -0.15) is 5.10 Å². The van der Waals surface area contributed by atoms with Crippen LogP contribution in [0.5, 0.6) is 0 Å². The number of nitrogens with one attached hydrogen (secondary N) is 1. The van der Waals surface area contributed by atoms with Crippen molar-refractivity contribution in [3.05, 3.63) is 36.1 Å². The molecule has 0 amide bonds. The molecule has 1 aromatic carbocycles. The smallest absolute Gasteiger partial charge is 0.0891 e. The summed E-state index contributed by atoms with van der Waals surface area (Å²) in [5.41, 5.74) is 5.15. The van der Waals surface area contributed by atoms with E-state index >= 15 is 0 Å². The molecule has 0 aliphatic carbocycles. The first-order valence-electron chi connectivity index (χ1n) is 4.26. The van der Waals surface area contributed by atoms with Crippen molar-refractivity contribution in [3.63, 3.8) is 0 Å². The fourth-order valence-electron chi connectivity index (χ4n) is 1.52. The molecule has 0 radical (unpaired) electrons. The molecule has 14 heavy (non-hydrogen) atoms. The Hall–Kier alpha value is -1.68. The van der Waals surface area contributed by atoms with Crippen LogP contribution in [0.25, 0.3) is 21.3 Å². The summed E-state index contributed by atoms with van der Waals surface area (Å²) in [6, 6.07) is 6.19. The molecule has 0 aliphatic rings. The Morgan fingerprint density at radius 3 is 3.14 bits per heavy atom. The Labute approximate surface area is 84.4 Å². The minimum atomic E-state index is 1.05. The predicted molar refractivity (Wildman–Crippen MR) is 57.2 cm³/mol. The Morgan fingerprint density at radius 2 is 2.29 bits per heavy atom. The Morgan fingerprint density at radius 1 is 1.29 bits per heavy atom. The van der Waals surface area contributed by atoms with Gasteiger partial charge in [-0.3, -0.25) is 5.10 Å². The summed E-state index contributed by atoms with van der Waals surface area (Å²) in [5.74, 6) is 0. The molecule has 3 aromatic rings. The topological polar surface area (TPSA) is 41.6 Å². The summed E-state index contributed by atoms with van der Waals surface area (Å²) in [6.07, 6.45) is 3.70. The van der Waals surface area contributed by atoms with Crippen LogP contribution in [-0.4, -0.2) is 15.2 Å². The van der Waals surface area contributed by atoms with Crippen molar-refractivity contribution in [2.45, 2.75) is 0 Å². The van der Waals surface area contributed by atoms with Gasteiger partial charge in [-0.25, -0.2) is 4.98 Å². The molecule has 68 valence electrons. The second-order valence-electron chi connectivity index (χ2n) is 2.99. The van der Waals surface area contributed by atoms with Gasteiger partial charge in [0, 0.05) is 17.3 Å². The SMILES string of the molecule is c1cc(-c2cn[nH]c2)c2ncsc2c1. The van der Waals surface area contributed by atoms with Crippen molar-refractivity contribution < 1.29 is 0 Å². The number of H-pyrrole nitrogens is 1. The van der Waals surface area contributed by atoms with Crippen molar-refractivity contribution in [1.29, 1.82) is 0 Å². The van der Waals surface area contributed by atoms with Crippen LogP contribution < -0.4 is 0 Å². The zero-order valence-electron chi connectivity index (χ0n) is 7.27. The fourth-order valence-corrected chi connectivity index (χ4v) is 2.22. The number of fused-ring (bicyclic) bond motifs is 1. The van der Waals surface area contributed by atoms with Crippen molar-refractivity contribution in [2.24, 2.45) is 0 Å². The molecule has 2 heterocycles. The van der Waals surface area contributed by atoms with Gasteiger partial charge in [-0.05, 0) is 6.07 Å². The minimum Gasteiger partial charge on any atom is -0.285 e. The number of thiazole rings is 1. The quantitative estimate of drug-likeness (QED) is 0.657. The summed E-state index contributed by atoms with van der Waals surface area (Å²) < 4.78 is 1.21. The number of para-hydroxylation sites is 1. The van der Waals surface area contributed by atoms with E-state index in [1.54, 1.807) is 11.3 Å². The molecule has 3 nitrogen and oxygen atoms in total. The van der Waals surface area contributed by atoms with Crippen LogP contribution in [0, 0.1) is 0 Å². The molecular formula is C10H7N3S. The van der Waals surface area contributed by atoms with Gasteiger partial charge >= 0.3 is 0 Å². The van der Waals surface area contributed by atoms with Crippen molar-refractivity contribution in [3.8, 4) is 11.1 Å². The number of rotatable bonds is 1. The molecule has 0 atom stereocenters. The molecule has 2 aromatic heterocycles. The highest BCUT2D eigenvalue weighted by Crippen LogP contribution is 2.28. The molecule has 0 saturated heterocycles. The van der Waals surface area contributed by atoms with Crippen LogP contribution in [0.15, 0.2) is 36.1 Å². The monoisotopic (exact) mass is 201 g/mol. The lowest BCUT2D eigenvalue weighted by Gasteiger charge is -1.96. The van der Waals surface area contributed by atoms with E-state index in [4.69, 9.17) is 0 Å². The normalized spacial score (nSPS) is 10.9. The first-order chi connectivity index (χ1) is 6.95. The van der Waals surface area contributed by atoms with E-state index in [9.17, 15) is 0 Å². The lowest BCUT2D eigenvalue weighted by molar-refractivity contribution is 1.09. The lowest BCUT2D eigenvalue weighted by Crippen LogP contribution is -1.76. The first-order valence-corrected chi connectivity index (χ1v) is 5.14. The van der Waals surface area contributed by atoms with Gasteiger partial charge in [0.1, 0.15) is 0 Å². The van der Waals surface area contributed by atoms with Gasteiger partial charge in [0.2, 0.25) is 0 Å². The zero-order valence-corrected chi connectivity index (χ0v) is 8.08. The standard InChI is InChI=1S/C10H7N3S/c1-2-8(7-4-12-13-5-7)10-9(3-1)14-6-11-10/h1-6H,(H,12,13). The van der Waals surface area contributed by atoms with Crippen LogP contribution in [0.2, 0.25) is 0 Å². The minimum absolute atomic E-state index is 1.05. The van der Waals surface area contributed by atoms with Gasteiger partial charge in [0.15, 0.2) is 0 Å². The summed E-state index contributed by atoms with van der Waals surface area (Å²) >= 11 is 1.66. The third kappa shape index (κ3) is 1.04. The number of hydrogen-bond acceptors (Lipinski definition) is 3. The third-order valence-electron chi connectivity index (χ3n) is 2.17. The van der Waals surface area contributed by atoms with Gasteiger partial charge in [-0.15, -0.1) is 11.3 Å². The second kappa shape index (κ2) is 2.92. The van der Waals surface area contributed by atoms with Gasteiger partial charge in [-0.1, -0.05) is 12.1 Å². The molecule has 3 rings (SSSR count). The summed E-state index contributed by atoms with van der Waals surface area (Å²) in [4.78, 5) is 4.35. The summed E-state index contributed by atoms with van der Waals surface area (Å²) in [5, 5.41) is 6.75. The van der Waals surface area contributed by atoms with Crippen molar-refractivity contribution >= 4 is 21.6 Å². The highest BCUT2D eigenvalue weighted by Gasteiger charge is 2.05. The number of benzene rings is 1. The van der Waals surface area contributed by atoms with E-state index < -0.39 is 0 Å². The first kappa shape index (κ1) is 7.70. The second-order valence-corrected chi connectivity index (χ2v) is 3.88. The highest BCUT2D eigenvalue weighted by atomic mass is 32.1. The Kier molecular flexibility index (Phi) is 1.61. The van der Waals surface area contributed by atoms with Gasteiger partial charge in [0.25, 0.3) is 0 Å². The van der Waals surface area contributed by atoms with Crippen LogP contribution in [0.3, 0.4) is 0 Å². The van der Waals surface area contributed by atoms with Crippen LogP contribution in [0.4, 0.5) is 0 Å². The average Bonchev–Trinajstić information content (AvgIpc) is 2.88. The lowest BCUT2D eigenvalue weighted by atomic mass is 10.1. The highest BCUT2D eigenvalue weighted by molar-refractivity contribution is 7.16. The largest absolute Gasteiger partial charge is 0.285 e. The average molecular weight is 201 g/mol. The van der Waals surface area contributed by atoms with Crippen LogP contribution >= 0.6 is 11.3 Å². The molecule has 0 bridgehead atoms. The number of aromatic amines is 1. The maximum atomic E-state index is 4.35. The molecule has 0 fully saturated rings. The van der Waals surface area contributed by atoms with Gasteiger partial charge in [0.05, 0.1) is 21.9 Å². The van der Waals surface area contributed by atoms with Crippen molar-refractivity contribution in [1.82, 2.24) is 15.2 Å². The van der Waals surface area contributed by atoms with E-state index in [1.165, 1.54) is 4.70 Å².